The monoisotopic (exact) mass is 402 g/mol. The van der Waals surface area contributed by atoms with E-state index in [2.05, 4.69) is 29.6 Å². The Kier molecular flexibility index (Phi) is 5.50. The third-order valence-corrected chi connectivity index (χ3v) is 5.32. The molecule has 0 bridgehead atoms. The van der Waals surface area contributed by atoms with E-state index in [4.69, 9.17) is 15.6 Å². The summed E-state index contributed by atoms with van der Waals surface area (Å²) in [6.07, 6.45) is -0.313. The van der Waals surface area contributed by atoms with Gasteiger partial charge in [-0.05, 0) is 46.4 Å². The van der Waals surface area contributed by atoms with Gasteiger partial charge in [0.2, 0.25) is 0 Å². The topological polar surface area (TPSA) is 102 Å². The number of carboxylic acid groups (broad SMARTS) is 1. The molecule has 1 aliphatic rings. The molecular weight excluding hydrogens is 380 g/mol. The number of ether oxygens (including phenoxy) is 1. The Morgan fingerprint density at radius 1 is 0.933 bits per heavy atom. The third-order valence-electron chi connectivity index (χ3n) is 5.32. The molecule has 0 unspecified atom stereocenters. The van der Waals surface area contributed by atoms with Gasteiger partial charge in [0.25, 0.3) is 0 Å². The van der Waals surface area contributed by atoms with Crippen molar-refractivity contribution in [3.05, 3.63) is 89.5 Å². The van der Waals surface area contributed by atoms with Crippen LogP contribution in [0.15, 0.2) is 72.8 Å². The Hall–Kier alpha value is -3.64. The molecule has 0 fully saturated rings. The molecule has 152 valence electrons. The minimum absolute atomic E-state index is 0.00281. The fourth-order valence-electron chi connectivity index (χ4n) is 3.82. The zero-order valence-electron chi connectivity index (χ0n) is 16.2. The highest BCUT2D eigenvalue weighted by Gasteiger charge is 2.29. The number of hydrogen-bond donors (Lipinski definition) is 3. The quantitative estimate of drug-likeness (QED) is 0.578. The third kappa shape index (κ3) is 4.04. The molecule has 0 spiro atoms. The molecule has 4 rings (SSSR count). The normalized spacial score (nSPS) is 13.2. The van der Waals surface area contributed by atoms with Crippen molar-refractivity contribution in [1.82, 2.24) is 0 Å². The standard InChI is InChI=1S/C24H22N2O4/c25-22(23(27)28)13-15-9-11-16(12-10-15)26-24(29)30-14-21-19-7-3-1-5-17(19)18-6-2-4-8-20(18)21/h1-12,21-22H,13-14,25H2,(H,26,29)(H,27,28)/t22-/m1/s1. The fraction of sp³-hybridized carbons (Fsp3) is 0.167. The SMILES string of the molecule is N[C@H](Cc1ccc(NC(=O)OCC2c3ccccc3-c3ccccc32)cc1)C(=O)O. The molecule has 0 heterocycles. The van der Waals surface area contributed by atoms with Gasteiger partial charge in [-0.15, -0.1) is 0 Å². The van der Waals surface area contributed by atoms with Gasteiger partial charge in [0.1, 0.15) is 12.6 Å². The van der Waals surface area contributed by atoms with Gasteiger partial charge in [0, 0.05) is 11.6 Å². The van der Waals surface area contributed by atoms with Gasteiger partial charge in [-0.2, -0.15) is 0 Å². The number of benzene rings is 3. The molecule has 6 nitrogen and oxygen atoms in total. The molecule has 0 radical (unpaired) electrons. The number of aliphatic carboxylic acids is 1. The van der Waals surface area contributed by atoms with Crippen molar-refractivity contribution in [2.24, 2.45) is 5.73 Å². The minimum Gasteiger partial charge on any atom is -0.480 e. The van der Waals surface area contributed by atoms with Gasteiger partial charge in [0.05, 0.1) is 0 Å². The number of amides is 1. The summed E-state index contributed by atoms with van der Waals surface area (Å²) in [5.74, 6) is -1.04. The number of fused-ring (bicyclic) bond motifs is 3. The summed E-state index contributed by atoms with van der Waals surface area (Å²) in [6, 6.07) is 22.3. The summed E-state index contributed by atoms with van der Waals surface area (Å²) in [7, 11) is 0. The maximum atomic E-state index is 12.3. The number of nitrogens with two attached hydrogens (primary N) is 1. The molecule has 1 atom stereocenters. The van der Waals surface area contributed by atoms with Crippen molar-refractivity contribution in [2.45, 2.75) is 18.4 Å². The van der Waals surface area contributed by atoms with Crippen LogP contribution in [0.1, 0.15) is 22.6 Å². The average molecular weight is 402 g/mol. The average Bonchev–Trinajstić information content (AvgIpc) is 3.07. The summed E-state index contributed by atoms with van der Waals surface area (Å²) < 4.78 is 5.52. The van der Waals surface area contributed by atoms with Crippen molar-refractivity contribution in [1.29, 1.82) is 0 Å². The second-order valence-electron chi connectivity index (χ2n) is 7.30. The smallest absolute Gasteiger partial charge is 0.411 e. The van der Waals surface area contributed by atoms with E-state index >= 15 is 0 Å². The predicted octanol–water partition coefficient (Wildman–Crippen LogP) is 4.00. The van der Waals surface area contributed by atoms with Crippen LogP contribution in [0.25, 0.3) is 11.1 Å². The van der Waals surface area contributed by atoms with E-state index < -0.39 is 18.1 Å². The molecule has 0 aliphatic heterocycles. The second kappa shape index (κ2) is 8.39. The Morgan fingerprint density at radius 2 is 1.50 bits per heavy atom. The second-order valence-corrected chi connectivity index (χ2v) is 7.30. The van der Waals surface area contributed by atoms with Gasteiger partial charge < -0.3 is 15.6 Å². The Morgan fingerprint density at radius 3 is 2.07 bits per heavy atom. The molecule has 4 N–H and O–H groups in total. The maximum absolute atomic E-state index is 12.3. The number of carbonyl (C=O) groups is 2. The van der Waals surface area contributed by atoms with Crippen LogP contribution in [0.2, 0.25) is 0 Å². The molecule has 0 saturated heterocycles. The molecule has 1 amide bonds. The lowest BCUT2D eigenvalue weighted by molar-refractivity contribution is -0.138. The first kappa shape index (κ1) is 19.7. The lowest BCUT2D eigenvalue weighted by Gasteiger charge is -2.15. The van der Waals surface area contributed by atoms with Crippen molar-refractivity contribution < 1.29 is 19.4 Å². The molecule has 0 aromatic heterocycles. The predicted molar refractivity (Wildman–Crippen MR) is 114 cm³/mol. The summed E-state index contributed by atoms with van der Waals surface area (Å²) in [5.41, 5.74) is 11.6. The Bertz CT molecular complexity index is 1030. The number of nitrogens with one attached hydrogen (secondary N) is 1. The van der Waals surface area contributed by atoms with Crippen molar-refractivity contribution >= 4 is 17.7 Å². The van der Waals surface area contributed by atoms with Gasteiger partial charge >= 0.3 is 12.1 Å². The Labute approximate surface area is 174 Å². The summed E-state index contributed by atoms with van der Waals surface area (Å²) >= 11 is 0. The molecule has 30 heavy (non-hydrogen) atoms. The molecule has 0 saturated carbocycles. The maximum Gasteiger partial charge on any atom is 0.411 e. The van der Waals surface area contributed by atoms with Gasteiger partial charge in [0.15, 0.2) is 0 Å². The highest BCUT2D eigenvalue weighted by atomic mass is 16.5. The van der Waals surface area contributed by atoms with E-state index in [-0.39, 0.29) is 18.9 Å². The van der Waals surface area contributed by atoms with E-state index in [0.29, 0.717) is 5.69 Å². The number of hydrogen-bond acceptors (Lipinski definition) is 4. The van der Waals surface area contributed by atoms with Crippen LogP contribution in [0.3, 0.4) is 0 Å². The van der Waals surface area contributed by atoms with E-state index in [1.165, 1.54) is 11.1 Å². The van der Waals surface area contributed by atoms with Crippen LogP contribution in [0.5, 0.6) is 0 Å². The van der Waals surface area contributed by atoms with Crippen molar-refractivity contribution in [2.75, 3.05) is 11.9 Å². The molecule has 3 aromatic rings. The highest BCUT2D eigenvalue weighted by Crippen LogP contribution is 2.44. The summed E-state index contributed by atoms with van der Waals surface area (Å²) in [4.78, 5) is 23.2. The largest absolute Gasteiger partial charge is 0.480 e. The zero-order chi connectivity index (χ0) is 21.1. The van der Waals surface area contributed by atoms with Crippen molar-refractivity contribution in [3.63, 3.8) is 0 Å². The van der Waals surface area contributed by atoms with Crippen LogP contribution in [0.4, 0.5) is 10.5 Å². The van der Waals surface area contributed by atoms with E-state index in [0.717, 1.165) is 16.7 Å². The Balaban J connectivity index is 1.38. The highest BCUT2D eigenvalue weighted by molar-refractivity contribution is 5.85. The van der Waals surface area contributed by atoms with Crippen LogP contribution in [-0.2, 0) is 16.0 Å². The fourth-order valence-corrected chi connectivity index (χ4v) is 3.82. The van der Waals surface area contributed by atoms with Gasteiger partial charge in [-0.3, -0.25) is 10.1 Å². The first-order valence-electron chi connectivity index (χ1n) is 9.72. The first-order valence-corrected chi connectivity index (χ1v) is 9.72. The van der Waals surface area contributed by atoms with E-state index in [1.807, 2.05) is 24.3 Å². The lowest BCUT2D eigenvalue weighted by Crippen LogP contribution is -2.32. The van der Waals surface area contributed by atoms with Crippen molar-refractivity contribution in [3.8, 4) is 11.1 Å². The number of carboxylic acids is 1. The van der Waals surface area contributed by atoms with Crippen LogP contribution < -0.4 is 11.1 Å². The van der Waals surface area contributed by atoms with Crippen LogP contribution >= 0.6 is 0 Å². The van der Waals surface area contributed by atoms with Gasteiger partial charge in [-0.1, -0.05) is 60.7 Å². The van der Waals surface area contributed by atoms with E-state index in [9.17, 15) is 9.59 Å². The molecule has 1 aliphatic carbocycles. The van der Waals surface area contributed by atoms with Crippen LogP contribution in [0, 0.1) is 0 Å². The molecule has 6 heteroatoms. The summed E-state index contributed by atoms with van der Waals surface area (Å²) in [6.45, 7) is 0.241. The number of anilines is 1. The van der Waals surface area contributed by atoms with E-state index in [1.54, 1.807) is 24.3 Å². The number of carbonyl (C=O) groups excluding carboxylic acids is 1. The lowest BCUT2D eigenvalue weighted by atomic mass is 9.98. The molecule has 3 aromatic carbocycles. The minimum atomic E-state index is -1.05. The molecular formula is C24H22N2O4. The van der Waals surface area contributed by atoms with Gasteiger partial charge in [-0.25, -0.2) is 4.79 Å². The van der Waals surface area contributed by atoms with Crippen LogP contribution in [-0.4, -0.2) is 29.8 Å². The first-order chi connectivity index (χ1) is 14.5. The number of rotatable bonds is 6. The summed E-state index contributed by atoms with van der Waals surface area (Å²) in [5, 5.41) is 11.6. The zero-order valence-corrected chi connectivity index (χ0v) is 16.2.